The summed E-state index contributed by atoms with van der Waals surface area (Å²) in [5.74, 6) is 0.875. The van der Waals surface area contributed by atoms with Gasteiger partial charge in [0.1, 0.15) is 12.2 Å². The highest BCUT2D eigenvalue weighted by Crippen LogP contribution is 2.29. The molecule has 1 unspecified atom stereocenters. The Balaban J connectivity index is 2.39. The number of benzene rings is 1. The number of aromatic nitrogens is 3. The number of aliphatic hydroxyl groups excluding tert-OH is 1. The summed E-state index contributed by atoms with van der Waals surface area (Å²) in [6, 6.07) is 8.07. The van der Waals surface area contributed by atoms with Crippen molar-refractivity contribution in [2.24, 2.45) is 5.73 Å². The Morgan fingerprint density at radius 3 is 2.71 bits per heavy atom. The molecule has 0 radical (unpaired) electrons. The molecule has 0 amide bonds. The van der Waals surface area contributed by atoms with Crippen LogP contribution < -0.4 is 5.73 Å². The zero-order valence-electron chi connectivity index (χ0n) is 12.8. The van der Waals surface area contributed by atoms with Crippen LogP contribution in [0.2, 0.25) is 0 Å². The standard InChI is InChI=1S/C16H24N4O/c1-3-8-20-15(18-12-19-20)9-16(10-17,11-21)14-7-5-4-6-13(14)2/h4-7,12,21H,3,8-11,17H2,1-2H3. The molecule has 0 aliphatic rings. The predicted molar refractivity (Wildman–Crippen MR) is 83.0 cm³/mol. The second-order valence-corrected chi connectivity index (χ2v) is 5.53. The van der Waals surface area contributed by atoms with Gasteiger partial charge in [-0.3, -0.25) is 4.68 Å². The maximum Gasteiger partial charge on any atom is 0.138 e. The minimum atomic E-state index is -0.510. The fraction of sp³-hybridized carbons (Fsp3) is 0.500. The summed E-state index contributed by atoms with van der Waals surface area (Å²) in [5, 5.41) is 14.3. The lowest BCUT2D eigenvalue weighted by Gasteiger charge is -2.32. The van der Waals surface area contributed by atoms with Crippen molar-refractivity contribution in [2.45, 2.75) is 38.6 Å². The minimum absolute atomic E-state index is 0.00661. The Hall–Kier alpha value is -1.72. The van der Waals surface area contributed by atoms with Crippen LogP contribution in [-0.4, -0.2) is 33.0 Å². The van der Waals surface area contributed by atoms with E-state index < -0.39 is 5.41 Å². The van der Waals surface area contributed by atoms with Gasteiger partial charge in [-0.2, -0.15) is 5.10 Å². The molecule has 1 heterocycles. The highest BCUT2D eigenvalue weighted by Gasteiger charge is 2.33. The minimum Gasteiger partial charge on any atom is -0.395 e. The van der Waals surface area contributed by atoms with E-state index in [4.69, 9.17) is 5.73 Å². The molecule has 0 saturated heterocycles. The smallest absolute Gasteiger partial charge is 0.138 e. The summed E-state index contributed by atoms with van der Waals surface area (Å²) in [7, 11) is 0. The molecule has 1 aromatic carbocycles. The third-order valence-corrected chi connectivity index (χ3v) is 4.04. The summed E-state index contributed by atoms with van der Waals surface area (Å²) in [5.41, 5.74) is 7.75. The van der Waals surface area contributed by atoms with Gasteiger partial charge in [0.25, 0.3) is 0 Å². The molecule has 0 fully saturated rings. The molecule has 1 aromatic heterocycles. The summed E-state index contributed by atoms with van der Waals surface area (Å²) < 4.78 is 1.90. The molecule has 0 spiro atoms. The van der Waals surface area contributed by atoms with E-state index in [1.165, 1.54) is 0 Å². The fourth-order valence-electron chi connectivity index (χ4n) is 2.78. The van der Waals surface area contributed by atoms with Crippen LogP contribution in [0, 0.1) is 6.92 Å². The Labute approximate surface area is 125 Å². The highest BCUT2D eigenvalue weighted by molar-refractivity contribution is 5.35. The first-order chi connectivity index (χ1) is 10.2. The van der Waals surface area contributed by atoms with Crippen LogP contribution in [0.1, 0.15) is 30.3 Å². The number of hydrogen-bond acceptors (Lipinski definition) is 4. The van der Waals surface area contributed by atoms with Crippen molar-refractivity contribution < 1.29 is 5.11 Å². The molecule has 0 bridgehead atoms. The van der Waals surface area contributed by atoms with E-state index in [9.17, 15) is 5.11 Å². The number of aryl methyl sites for hydroxylation is 2. The molecule has 114 valence electrons. The van der Waals surface area contributed by atoms with Gasteiger partial charge in [0.2, 0.25) is 0 Å². The van der Waals surface area contributed by atoms with E-state index >= 15 is 0 Å². The van der Waals surface area contributed by atoms with Gasteiger partial charge in [0.15, 0.2) is 0 Å². The van der Waals surface area contributed by atoms with Crippen LogP contribution in [0.15, 0.2) is 30.6 Å². The lowest BCUT2D eigenvalue weighted by molar-refractivity contribution is 0.192. The molecule has 2 aromatic rings. The average molecular weight is 288 g/mol. The second kappa shape index (κ2) is 6.83. The number of aliphatic hydroxyl groups is 1. The van der Waals surface area contributed by atoms with Crippen LogP contribution in [0.3, 0.4) is 0 Å². The number of nitrogens with two attached hydrogens (primary N) is 1. The zero-order chi connectivity index (χ0) is 15.3. The third-order valence-electron chi connectivity index (χ3n) is 4.04. The van der Waals surface area contributed by atoms with Gasteiger partial charge in [0.05, 0.1) is 6.61 Å². The monoisotopic (exact) mass is 288 g/mol. The van der Waals surface area contributed by atoms with E-state index in [1.807, 2.05) is 35.9 Å². The van der Waals surface area contributed by atoms with Crippen LogP contribution in [-0.2, 0) is 18.4 Å². The molecule has 2 rings (SSSR count). The summed E-state index contributed by atoms with van der Waals surface area (Å²) >= 11 is 0. The molecule has 0 aliphatic heterocycles. The first-order valence-corrected chi connectivity index (χ1v) is 7.40. The molecule has 3 N–H and O–H groups in total. The van der Waals surface area contributed by atoms with Gasteiger partial charge in [-0.25, -0.2) is 4.98 Å². The summed E-state index contributed by atoms with van der Waals surface area (Å²) in [6.07, 6.45) is 3.15. The third kappa shape index (κ3) is 3.14. The van der Waals surface area contributed by atoms with E-state index in [0.29, 0.717) is 13.0 Å². The molecule has 5 nitrogen and oxygen atoms in total. The lowest BCUT2D eigenvalue weighted by atomic mass is 9.76. The second-order valence-electron chi connectivity index (χ2n) is 5.53. The Bertz CT molecular complexity index is 575. The number of hydrogen-bond donors (Lipinski definition) is 2. The maximum atomic E-state index is 10.0. The van der Waals surface area contributed by atoms with Crippen LogP contribution in [0.5, 0.6) is 0 Å². The Kier molecular flexibility index (Phi) is 5.09. The van der Waals surface area contributed by atoms with E-state index in [0.717, 1.165) is 29.9 Å². The van der Waals surface area contributed by atoms with Crippen molar-refractivity contribution in [3.63, 3.8) is 0 Å². The molecule has 0 aliphatic carbocycles. The summed E-state index contributed by atoms with van der Waals surface area (Å²) in [6.45, 7) is 5.34. The SMILES string of the molecule is CCCn1ncnc1CC(CN)(CO)c1ccccc1C. The maximum absolute atomic E-state index is 10.0. The predicted octanol–water partition coefficient (Wildman–Crippen LogP) is 1.43. The fourth-order valence-corrected chi connectivity index (χ4v) is 2.78. The molecule has 0 saturated carbocycles. The van der Waals surface area contributed by atoms with Crippen LogP contribution in [0.4, 0.5) is 0 Å². The topological polar surface area (TPSA) is 77.0 Å². The normalized spacial score (nSPS) is 14.1. The quantitative estimate of drug-likeness (QED) is 0.808. The van der Waals surface area contributed by atoms with Crippen molar-refractivity contribution in [3.05, 3.63) is 47.5 Å². The van der Waals surface area contributed by atoms with Crippen molar-refractivity contribution in [2.75, 3.05) is 13.2 Å². The van der Waals surface area contributed by atoms with Gasteiger partial charge < -0.3 is 10.8 Å². The molecule has 1 atom stereocenters. The van der Waals surface area contributed by atoms with Crippen molar-refractivity contribution in [1.29, 1.82) is 0 Å². The van der Waals surface area contributed by atoms with E-state index in [1.54, 1.807) is 6.33 Å². The van der Waals surface area contributed by atoms with Gasteiger partial charge >= 0.3 is 0 Å². The highest BCUT2D eigenvalue weighted by atomic mass is 16.3. The number of rotatable bonds is 7. The van der Waals surface area contributed by atoms with Crippen LogP contribution >= 0.6 is 0 Å². The van der Waals surface area contributed by atoms with Crippen molar-refractivity contribution >= 4 is 0 Å². The number of nitrogens with zero attached hydrogens (tertiary/aromatic N) is 3. The molecular weight excluding hydrogens is 264 g/mol. The molecular formula is C16H24N4O. The van der Waals surface area contributed by atoms with Crippen molar-refractivity contribution in [3.8, 4) is 0 Å². The average Bonchev–Trinajstić information content (AvgIpc) is 2.93. The first-order valence-electron chi connectivity index (χ1n) is 7.40. The first kappa shape index (κ1) is 15.7. The molecule has 21 heavy (non-hydrogen) atoms. The van der Waals surface area contributed by atoms with Crippen LogP contribution in [0.25, 0.3) is 0 Å². The van der Waals surface area contributed by atoms with E-state index in [2.05, 4.69) is 17.0 Å². The Morgan fingerprint density at radius 1 is 1.33 bits per heavy atom. The summed E-state index contributed by atoms with van der Waals surface area (Å²) in [4.78, 5) is 4.36. The Morgan fingerprint density at radius 2 is 2.10 bits per heavy atom. The zero-order valence-corrected chi connectivity index (χ0v) is 12.8. The lowest BCUT2D eigenvalue weighted by Crippen LogP contribution is -2.42. The largest absolute Gasteiger partial charge is 0.395 e. The van der Waals surface area contributed by atoms with Crippen molar-refractivity contribution in [1.82, 2.24) is 14.8 Å². The van der Waals surface area contributed by atoms with Gasteiger partial charge in [0, 0.05) is 24.9 Å². The van der Waals surface area contributed by atoms with E-state index in [-0.39, 0.29) is 6.61 Å². The van der Waals surface area contributed by atoms with Gasteiger partial charge in [-0.15, -0.1) is 0 Å². The molecule has 5 heteroatoms. The van der Waals surface area contributed by atoms with Gasteiger partial charge in [-0.1, -0.05) is 31.2 Å². The van der Waals surface area contributed by atoms with Gasteiger partial charge in [-0.05, 0) is 24.5 Å².